The van der Waals surface area contributed by atoms with E-state index in [0.717, 1.165) is 51.4 Å². The molecule has 2 aromatic heterocycles. The zero-order valence-electron chi connectivity index (χ0n) is 14.3. The van der Waals surface area contributed by atoms with Crippen molar-refractivity contribution in [2.75, 3.05) is 31.1 Å². The van der Waals surface area contributed by atoms with Crippen molar-refractivity contribution in [1.29, 1.82) is 0 Å². The first kappa shape index (κ1) is 16.0. The highest BCUT2D eigenvalue weighted by Gasteiger charge is 2.39. The van der Waals surface area contributed by atoms with Gasteiger partial charge < -0.3 is 9.80 Å². The van der Waals surface area contributed by atoms with Crippen molar-refractivity contribution in [3.05, 3.63) is 30.9 Å². The van der Waals surface area contributed by atoms with Crippen molar-refractivity contribution in [2.24, 2.45) is 5.41 Å². The summed E-state index contributed by atoms with van der Waals surface area (Å²) in [6.45, 7) is 3.91. The number of likely N-dealkylation sites (tertiary alicyclic amines) is 1. The number of nitrogens with zero attached hydrogens (tertiary/aromatic N) is 7. The van der Waals surface area contributed by atoms with E-state index in [4.69, 9.17) is 0 Å². The summed E-state index contributed by atoms with van der Waals surface area (Å²) in [6.07, 6.45) is 11.4. The number of hydrogen-bond acceptors (Lipinski definition) is 6. The van der Waals surface area contributed by atoms with E-state index in [-0.39, 0.29) is 17.9 Å². The molecule has 2 aliphatic heterocycles. The first-order valence-corrected chi connectivity index (χ1v) is 8.88. The van der Waals surface area contributed by atoms with E-state index in [1.54, 1.807) is 29.5 Å². The molecule has 2 aliphatic rings. The Balaban J connectivity index is 1.36. The largest absolute Gasteiger partial charge is 0.341 e. The van der Waals surface area contributed by atoms with Gasteiger partial charge in [0.05, 0.1) is 6.20 Å². The van der Waals surface area contributed by atoms with Gasteiger partial charge in [0.2, 0.25) is 11.9 Å². The number of piperidine rings is 2. The van der Waals surface area contributed by atoms with Gasteiger partial charge in [0, 0.05) is 44.8 Å². The molecule has 0 aromatic carbocycles. The Bertz CT molecular complexity index is 695. The Labute approximate surface area is 146 Å². The first-order valence-electron chi connectivity index (χ1n) is 8.88. The Hall–Kier alpha value is -2.51. The molecule has 1 spiro atoms. The Kier molecular flexibility index (Phi) is 4.33. The molecule has 0 N–H and O–H groups in total. The number of aromatic nitrogens is 5. The molecule has 2 aromatic rings. The van der Waals surface area contributed by atoms with Gasteiger partial charge in [-0.15, -0.1) is 5.10 Å². The minimum Gasteiger partial charge on any atom is -0.341 e. The van der Waals surface area contributed by atoms with Gasteiger partial charge in [-0.1, -0.05) is 5.21 Å². The summed E-state index contributed by atoms with van der Waals surface area (Å²) in [5.41, 5.74) is 0.279. The number of hydrogen-bond donors (Lipinski definition) is 0. The van der Waals surface area contributed by atoms with Gasteiger partial charge in [-0.2, -0.15) is 0 Å². The highest BCUT2D eigenvalue weighted by molar-refractivity contribution is 5.76. The number of carbonyl (C=O) groups is 1. The highest BCUT2D eigenvalue weighted by Crippen LogP contribution is 2.40. The van der Waals surface area contributed by atoms with Crippen molar-refractivity contribution in [2.45, 2.75) is 32.2 Å². The molecule has 0 radical (unpaired) electrons. The maximum atomic E-state index is 12.4. The normalized spacial score (nSPS) is 20.0. The molecule has 25 heavy (non-hydrogen) atoms. The standard InChI is InChI=1S/C17H23N7O/c25-15(13-24-12-8-20-21-24)22-10-4-17(5-11-22)3-1-9-23(14-17)16-18-6-2-7-19-16/h2,6-8,12H,1,3-5,9-11,13-14H2. The molecule has 2 fully saturated rings. The van der Waals surface area contributed by atoms with Crippen LogP contribution in [0.3, 0.4) is 0 Å². The summed E-state index contributed by atoms with van der Waals surface area (Å²) < 4.78 is 1.59. The average Bonchev–Trinajstić information content (AvgIpc) is 3.16. The quantitative estimate of drug-likeness (QED) is 0.828. The van der Waals surface area contributed by atoms with Gasteiger partial charge in [-0.05, 0) is 37.2 Å². The minimum absolute atomic E-state index is 0.124. The maximum absolute atomic E-state index is 12.4. The maximum Gasteiger partial charge on any atom is 0.244 e. The second-order valence-electron chi connectivity index (χ2n) is 7.06. The zero-order chi connectivity index (χ0) is 17.1. The van der Waals surface area contributed by atoms with Gasteiger partial charge >= 0.3 is 0 Å². The fourth-order valence-corrected chi connectivity index (χ4v) is 4.03. The molecule has 0 atom stereocenters. The Morgan fingerprint density at radius 3 is 2.60 bits per heavy atom. The second-order valence-corrected chi connectivity index (χ2v) is 7.06. The van der Waals surface area contributed by atoms with Crippen LogP contribution >= 0.6 is 0 Å². The molecule has 4 heterocycles. The molecule has 8 nitrogen and oxygen atoms in total. The SMILES string of the molecule is O=C(Cn1ccnn1)N1CCC2(CCCN(c3ncccn3)C2)CC1. The van der Waals surface area contributed by atoms with Gasteiger partial charge in [0.15, 0.2) is 0 Å². The van der Waals surface area contributed by atoms with Crippen molar-refractivity contribution >= 4 is 11.9 Å². The molecule has 0 saturated carbocycles. The third-order valence-electron chi connectivity index (χ3n) is 5.44. The third-order valence-corrected chi connectivity index (χ3v) is 5.44. The van der Waals surface area contributed by atoms with Crippen LogP contribution in [0.25, 0.3) is 0 Å². The Morgan fingerprint density at radius 1 is 1.08 bits per heavy atom. The van der Waals surface area contributed by atoms with Crippen molar-refractivity contribution < 1.29 is 4.79 Å². The zero-order valence-corrected chi connectivity index (χ0v) is 14.3. The summed E-state index contributed by atoms with van der Waals surface area (Å²) in [5, 5.41) is 7.63. The predicted molar refractivity (Wildman–Crippen MR) is 91.7 cm³/mol. The van der Waals surface area contributed by atoms with Crippen LogP contribution in [0.2, 0.25) is 0 Å². The van der Waals surface area contributed by atoms with E-state index in [2.05, 4.69) is 25.2 Å². The number of anilines is 1. The molecule has 1 amide bonds. The van der Waals surface area contributed by atoms with Crippen LogP contribution in [-0.4, -0.2) is 61.9 Å². The lowest BCUT2D eigenvalue weighted by molar-refractivity contribution is -0.134. The molecule has 0 bridgehead atoms. The van der Waals surface area contributed by atoms with Crippen molar-refractivity contribution in [3.63, 3.8) is 0 Å². The predicted octanol–water partition coefficient (Wildman–Crippen LogP) is 0.977. The van der Waals surface area contributed by atoms with E-state index in [1.807, 2.05) is 11.0 Å². The number of amides is 1. The van der Waals surface area contributed by atoms with Crippen LogP contribution in [0.4, 0.5) is 5.95 Å². The summed E-state index contributed by atoms with van der Waals surface area (Å²) in [5.74, 6) is 0.950. The molecular weight excluding hydrogens is 318 g/mol. The fraction of sp³-hybridized carbons (Fsp3) is 0.588. The molecule has 2 saturated heterocycles. The lowest BCUT2D eigenvalue weighted by Gasteiger charge is -2.47. The molecular formula is C17H23N7O. The summed E-state index contributed by atoms with van der Waals surface area (Å²) in [4.78, 5) is 25.5. The van der Waals surface area contributed by atoms with Crippen LogP contribution < -0.4 is 4.90 Å². The first-order chi connectivity index (χ1) is 12.2. The van der Waals surface area contributed by atoms with Crippen LogP contribution in [0.15, 0.2) is 30.9 Å². The lowest BCUT2D eigenvalue weighted by Crippen LogP contribution is -2.51. The van der Waals surface area contributed by atoms with E-state index in [0.29, 0.717) is 0 Å². The van der Waals surface area contributed by atoms with Crippen LogP contribution in [-0.2, 0) is 11.3 Å². The van der Waals surface area contributed by atoms with E-state index < -0.39 is 0 Å². The van der Waals surface area contributed by atoms with Gasteiger partial charge in [0.1, 0.15) is 6.54 Å². The van der Waals surface area contributed by atoms with E-state index in [9.17, 15) is 4.79 Å². The minimum atomic E-state index is 0.124. The van der Waals surface area contributed by atoms with Gasteiger partial charge in [-0.3, -0.25) is 4.79 Å². The third kappa shape index (κ3) is 3.47. The summed E-state index contributed by atoms with van der Waals surface area (Å²) in [6, 6.07) is 1.85. The Morgan fingerprint density at radius 2 is 1.88 bits per heavy atom. The lowest BCUT2D eigenvalue weighted by atomic mass is 9.72. The fourth-order valence-electron chi connectivity index (χ4n) is 4.03. The molecule has 132 valence electrons. The summed E-state index contributed by atoms with van der Waals surface area (Å²) in [7, 11) is 0. The number of carbonyl (C=O) groups excluding carboxylic acids is 1. The van der Waals surface area contributed by atoms with Crippen LogP contribution in [0, 0.1) is 5.41 Å². The van der Waals surface area contributed by atoms with Gasteiger partial charge in [-0.25, -0.2) is 14.6 Å². The van der Waals surface area contributed by atoms with E-state index >= 15 is 0 Å². The van der Waals surface area contributed by atoms with E-state index in [1.165, 1.54) is 6.42 Å². The van der Waals surface area contributed by atoms with Gasteiger partial charge in [0.25, 0.3) is 0 Å². The monoisotopic (exact) mass is 341 g/mol. The van der Waals surface area contributed by atoms with Crippen LogP contribution in [0.1, 0.15) is 25.7 Å². The van der Waals surface area contributed by atoms with Crippen molar-refractivity contribution in [3.8, 4) is 0 Å². The molecule has 8 heteroatoms. The second kappa shape index (κ2) is 6.78. The smallest absolute Gasteiger partial charge is 0.244 e. The average molecular weight is 341 g/mol. The highest BCUT2D eigenvalue weighted by atomic mass is 16.2. The van der Waals surface area contributed by atoms with Crippen molar-refractivity contribution in [1.82, 2.24) is 29.9 Å². The summed E-state index contributed by atoms with van der Waals surface area (Å²) >= 11 is 0. The van der Waals surface area contributed by atoms with Crippen LogP contribution in [0.5, 0.6) is 0 Å². The topological polar surface area (TPSA) is 80.0 Å². The molecule has 0 unspecified atom stereocenters. The molecule has 4 rings (SSSR count). The molecule has 0 aliphatic carbocycles. The number of rotatable bonds is 3.